The summed E-state index contributed by atoms with van der Waals surface area (Å²) in [4.78, 5) is 0.379. The van der Waals surface area contributed by atoms with Crippen LogP contribution in [0.5, 0.6) is 5.75 Å². The third-order valence-corrected chi connectivity index (χ3v) is 9.71. The van der Waals surface area contributed by atoms with Crippen molar-refractivity contribution in [3.05, 3.63) is 36.4 Å². The second-order valence-electron chi connectivity index (χ2n) is 9.85. The van der Waals surface area contributed by atoms with Gasteiger partial charge in [0.1, 0.15) is 11.9 Å². The van der Waals surface area contributed by atoms with Crippen molar-refractivity contribution in [3.63, 3.8) is 0 Å². The molecule has 5 nitrogen and oxygen atoms in total. The lowest BCUT2D eigenvalue weighted by Crippen LogP contribution is -2.41. The zero-order valence-corrected chi connectivity index (χ0v) is 19.9. The number of hydrogen-bond acceptors (Lipinski definition) is 4. The van der Waals surface area contributed by atoms with Gasteiger partial charge in [0.05, 0.1) is 4.90 Å². The molecule has 32 heavy (non-hydrogen) atoms. The Morgan fingerprint density at radius 2 is 1.94 bits per heavy atom. The van der Waals surface area contributed by atoms with Gasteiger partial charge < -0.3 is 10.1 Å². The van der Waals surface area contributed by atoms with E-state index in [9.17, 15) is 8.42 Å². The monoisotopic (exact) mass is 456 g/mol. The van der Waals surface area contributed by atoms with Gasteiger partial charge >= 0.3 is 0 Å². The molecule has 0 radical (unpaired) electrons. The maximum absolute atomic E-state index is 13.9. The predicted molar refractivity (Wildman–Crippen MR) is 129 cm³/mol. The van der Waals surface area contributed by atoms with E-state index in [2.05, 4.69) is 12.2 Å². The Bertz CT molecular complexity index is 1050. The second kappa shape index (κ2) is 9.32. The molecule has 2 saturated heterocycles. The maximum Gasteiger partial charge on any atom is 0.243 e. The SMILES string of the molecule is CCC(Oc1cc(S(=O)(=O)N2CCCC3CCCC2C3)cc2ccccc12)C1CCCN1. The van der Waals surface area contributed by atoms with Gasteiger partial charge in [-0.2, -0.15) is 4.31 Å². The van der Waals surface area contributed by atoms with Crippen LogP contribution in [0.1, 0.15) is 64.7 Å². The summed E-state index contributed by atoms with van der Waals surface area (Å²) >= 11 is 0. The molecule has 4 unspecified atom stereocenters. The van der Waals surface area contributed by atoms with Crippen molar-refractivity contribution in [1.29, 1.82) is 0 Å². The zero-order chi connectivity index (χ0) is 22.1. The van der Waals surface area contributed by atoms with E-state index in [0.717, 1.165) is 68.7 Å². The first kappa shape index (κ1) is 22.2. The molecule has 3 fully saturated rings. The lowest BCUT2D eigenvalue weighted by molar-refractivity contribution is 0.159. The van der Waals surface area contributed by atoms with Gasteiger partial charge in [-0.25, -0.2) is 8.42 Å². The van der Waals surface area contributed by atoms with Crippen LogP contribution in [-0.4, -0.2) is 44.0 Å². The van der Waals surface area contributed by atoms with E-state index in [1.165, 1.54) is 6.42 Å². The lowest BCUT2D eigenvalue weighted by atomic mass is 9.84. The molecule has 0 amide bonds. The molecule has 6 heteroatoms. The van der Waals surface area contributed by atoms with Crippen molar-refractivity contribution < 1.29 is 13.2 Å². The number of sulfonamides is 1. The second-order valence-corrected chi connectivity index (χ2v) is 11.7. The highest BCUT2D eigenvalue weighted by molar-refractivity contribution is 7.89. The van der Waals surface area contributed by atoms with Crippen LogP contribution in [0.4, 0.5) is 0 Å². The standard InChI is InChI=1S/C26H36N2O3S/c1-2-25(24-13-6-14-27-24)31-26-18-22(17-20-10-3-4-12-23(20)26)32(29,30)28-15-7-9-19-8-5-11-21(28)16-19/h3-4,10,12,17-19,21,24-25,27H,2,5-9,11,13-16H2,1H3. The largest absolute Gasteiger partial charge is 0.488 e. The van der Waals surface area contributed by atoms with Crippen molar-refractivity contribution >= 4 is 20.8 Å². The fourth-order valence-electron chi connectivity index (χ4n) is 6.09. The average Bonchev–Trinajstić information content (AvgIpc) is 3.30. The summed E-state index contributed by atoms with van der Waals surface area (Å²) in [6.07, 6.45) is 9.70. The van der Waals surface area contributed by atoms with Gasteiger partial charge in [0.2, 0.25) is 10.0 Å². The van der Waals surface area contributed by atoms with Gasteiger partial charge in [-0.15, -0.1) is 0 Å². The Balaban J connectivity index is 1.52. The topological polar surface area (TPSA) is 58.6 Å². The van der Waals surface area contributed by atoms with Gasteiger partial charge in [0.15, 0.2) is 0 Å². The molecule has 2 heterocycles. The van der Waals surface area contributed by atoms with Crippen LogP contribution in [0.25, 0.3) is 10.8 Å². The molecule has 2 bridgehead atoms. The number of rotatable bonds is 6. The predicted octanol–water partition coefficient (Wildman–Crippen LogP) is 5.09. The molecule has 1 N–H and O–H groups in total. The van der Waals surface area contributed by atoms with Gasteiger partial charge in [-0.05, 0) is 68.9 Å². The summed E-state index contributed by atoms with van der Waals surface area (Å²) < 4.78 is 36.2. The summed E-state index contributed by atoms with van der Waals surface area (Å²) in [5.74, 6) is 1.38. The van der Waals surface area contributed by atoms with E-state index in [-0.39, 0.29) is 12.1 Å². The minimum atomic E-state index is -3.57. The van der Waals surface area contributed by atoms with Crippen LogP contribution in [0.3, 0.4) is 0 Å². The lowest BCUT2D eigenvalue weighted by Gasteiger charge is -2.33. The fraction of sp³-hybridized carbons (Fsp3) is 0.615. The summed E-state index contributed by atoms with van der Waals surface area (Å²) in [6, 6.07) is 12.1. The molecular formula is C26H36N2O3S. The third-order valence-electron chi connectivity index (χ3n) is 7.79. The van der Waals surface area contributed by atoms with Gasteiger partial charge in [0, 0.05) is 30.1 Å². The highest BCUT2D eigenvalue weighted by atomic mass is 32.2. The fourth-order valence-corrected chi connectivity index (χ4v) is 7.85. The molecule has 0 spiro atoms. The molecule has 1 aliphatic carbocycles. The number of ether oxygens (including phenoxy) is 1. The van der Waals surface area contributed by atoms with Crippen molar-refractivity contribution in [3.8, 4) is 5.75 Å². The third kappa shape index (κ3) is 4.29. The molecular weight excluding hydrogens is 420 g/mol. The number of hydrogen-bond donors (Lipinski definition) is 1. The van der Waals surface area contributed by atoms with Crippen LogP contribution in [-0.2, 0) is 10.0 Å². The number of fused-ring (bicyclic) bond motifs is 3. The van der Waals surface area contributed by atoms with E-state index < -0.39 is 10.0 Å². The van der Waals surface area contributed by atoms with Crippen molar-refractivity contribution in [2.75, 3.05) is 13.1 Å². The van der Waals surface area contributed by atoms with Crippen molar-refractivity contribution in [2.45, 2.75) is 87.8 Å². The summed E-state index contributed by atoms with van der Waals surface area (Å²) in [5.41, 5.74) is 0. The quantitative estimate of drug-likeness (QED) is 0.658. The highest BCUT2D eigenvalue weighted by Gasteiger charge is 2.37. The molecule has 3 aliphatic rings. The van der Waals surface area contributed by atoms with E-state index >= 15 is 0 Å². The number of nitrogens with one attached hydrogen (secondary N) is 1. The van der Waals surface area contributed by atoms with E-state index in [0.29, 0.717) is 29.1 Å². The Labute approximate surface area is 192 Å². The Hall–Kier alpha value is -1.63. The van der Waals surface area contributed by atoms with Crippen LogP contribution < -0.4 is 10.1 Å². The molecule has 0 aromatic heterocycles. The summed E-state index contributed by atoms with van der Waals surface area (Å²) in [6.45, 7) is 3.80. The van der Waals surface area contributed by atoms with Crippen LogP contribution in [0, 0.1) is 5.92 Å². The first-order chi connectivity index (χ1) is 15.6. The highest BCUT2D eigenvalue weighted by Crippen LogP contribution is 2.38. The molecule has 2 aromatic carbocycles. The van der Waals surface area contributed by atoms with Gasteiger partial charge in [0.25, 0.3) is 0 Å². The van der Waals surface area contributed by atoms with Crippen LogP contribution in [0.2, 0.25) is 0 Å². The van der Waals surface area contributed by atoms with Crippen molar-refractivity contribution in [1.82, 2.24) is 9.62 Å². The van der Waals surface area contributed by atoms with Crippen LogP contribution >= 0.6 is 0 Å². The van der Waals surface area contributed by atoms with E-state index in [4.69, 9.17) is 4.74 Å². The first-order valence-electron chi connectivity index (χ1n) is 12.5. The van der Waals surface area contributed by atoms with Gasteiger partial charge in [-0.1, -0.05) is 44.0 Å². The Morgan fingerprint density at radius 1 is 1.09 bits per heavy atom. The normalized spacial score (nSPS) is 27.8. The molecule has 1 saturated carbocycles. The molecule has 2 aromatic rings. The zero-order valence-electron chi connectivity index (χ0n) is 19.1. The Morgan fingerprint density at radius 3 is 2.75 bits per heavy atom. The molecule has 174 valence electrons. The van der Waals surface area contributed by atoms with Crippen molar-refractivity contribution in [2.24, 2.45) is 5.92 Å². The summed E-state index contributed by atoms with van der Waals surface area (Å²) in [5, 5.41) is 5.46. The van der Waals surface area contributed by atoms with Gasteiger partial charge in [-0.3, -0.25) is 0 Å². The van der Waals surface area contributed by atoms with Crippen LogP contribution in [0.15, 0.2) is 41.3 Å². The molecule has 2 aliphatic heterocycles. The van der Waals surface area contributed by atoms with E-state index in [1.54, 1.807) is 6.07 Å². The molecule has 4 atom stereocenters. The minimum absolute atomic E-state index is 0.0381. The first-order valence-corrected chi connectivity index (χ1v) is 13.9. The molecule has 5 rings (SSSR count). The maximum atomic E-state index is 13.9. The number of benzene rings is 2. The van der Waals surface area contributed by atoms with E-state index in [1.807, 2.05) is 34.6 Å². The average molecular weight is 457 g/mol. The summed E-state index contributed by atoms with van der Waals surface area (Å²) in [7, 11) is -3.57. The Kier molecular flexibility index (Phi) is 6.46. The minimum Gasteiger partial charge on any atom is -0.488 e. The smallest absolute Gasteiger partial charge is 0.243 e. The number of nitrogens with zero attached hydrogens (tertiary/aromatic N) is 1.